The Bertz CT molecular complexity index is 1240. The van der Waals surface area contributed by atoms with Gasteiger partial charge in [0.25, 0.3) is 5.91 Å². The highest BCUT2D eigenvalue weighted by atomic mass is 35.5. The highest BCUT2D eigenvalue weighted by Crippen LogP contribution is 2.44. The predicted molar refractivity (Wildman–Crippen MR) is 114 cm³/mol. The number of ether oxygens (including phenoxy) is 1. The molecule has 0 saturated carbocycles. The van der Waals surface area contributed by atoms with Crippen molar-refractivity contribution in [2.75, 3.05) is 11.5 Å². The molecule has 0 spiro atoms. The molecule has 0 fully saturated rings. The molecule has 164 valence electrons. The van der Waals surface area contributed by atoms with Crippen molar-refractivity contribution in [1.82, 2.24) is 0 Å². The summed E-state index contributed by atoms with van der Waals surface area (Å²) in [6, 6.07) is 9.69. The smallest absolute Gasteiger partial charge is 0.294 e. The second-order valence-electron chi connectivity index (χ2n) is 6.90. The van der Waals surface area contributed by atoms with Gasteiger partial charge in [-0.15, -0.1) is 0 Å². The van der Waals surface area contributed by atoms with Gasteiger partial charge < -0.3 is 19.4 Å². The van der Waals surface area contributed by atoms with Crippen LogP contribution in [0.5, 0.6) is 11.5 Å². The molecular weight excluding hydrogens is 441 g/mol. The largest absolute Gasteiger partial charge is 0.504 e. The first kappa shape index (κ1) is 21.5. The lowest BCUT2D eigenvalue weighted by molar-refractivity contribution is -0.117. The zero-order chi connectivity index (χ0) is 23.0. The van der Waals surface area contributed by atoms with Crippen LogP contribution in [-0.4, -0.2) is 28.5 Å². The number of halogens is 2. The topological polar surface area (TPSA) is 100 Å². The SMILES string of the molecule is CCOc1cc(C2C(C(=O)c3ccco3)=C(O)C(=O)N2c2ccc(F)c(Cl)c2)ccc1O. The minimum atomic E-state index is -1.12. The van der Waals surface area contributed by atoms with Crippen molar-refractivity contribution in [3.8, 4) is 11.5 Å². The molecule has 1 atom stereocenters. The average molecular weight is 458 g/mol. The number of rotatable bonds is 6. The molecule has 1 amide bonds. The summed E-state index contributed by atoms with van der Waals surface area (Å²) < 4.78 is 24.3. The van der Waals surface area contributed by atoms with Crippen molar-refractivity contribution in [3.05, 3.63) is 88.3 Å². The van der Waals surface area contributed by atoms with Crippen molar-refractivity contribution >= 4 is 29.0 Å². The number of hydrogen-bond acceptors (Lipinski definition) is 6. The fraction of sp³-hybridized carbons (Fsp3) is 0.130. The van der Waals surface area contributed by atoms with Crippen molar-refractivity contribution in [2.45, 2.75) is 13.0 Å². The van der Waals surface area contributed by atoms with Gasteiger partial charge in [0, 0.05) is 5.69 Å². The van der Waals surface area contributed by atoms with Gasteiger partial charge in [-0.2, -0.15) is 0 Å². The molecule has 2 N–H and O–H groups in total. The van der Waals surface area contributed by atoms with Gasteiger partial charge >= 0.3 is 0 Å². The number of aliphatic hydroxyl groups is 1. The summed E-state index contributed by atoms with van der Waals surface area (Å²) in [6.45, 7) is 1.99. The van der Waals surface area contributed by atoms with Crippen LogP contribution in [0.15, 0.2) is 70.5 Å². The number of furan rings is 1. The first-order chi connectivity index (χ1) is 15.3. The molecule has 4 rings (SSSR count). The number of aliphatic hydroxyl groups excluding tert-OH is 1. The fourth-order valence-corrected chi connectivity index (χ4v) is 3.74. The maximum Gasteiger partial charge on any atom is 0.294 e. The van der Waals surface area contributed by atoms with Crippen LogP contribution in [0.2, 0.25) is 5.02 Å². The summed E-state index contributed by atoms with van der Waals surface area (Å²) in [5.41, 5.74) is 0.281. The minimum absolute atomic E-state index is 0.0767. The summed E-state index contributed by atoms with van der Waals surface area (Å²) in [5, 5.41) is 20.5. The molecule has 0 aliphatic carbocycles. The third-order valence-corrected chi connectivity index (χ3v) is 5.27. The standard InChI is InChI=1S/C23H17ClFNO6/c1-2-31-18-10-12(5-8-16(18)27)20-19(21(28)17-4-3-9-32-17)22(29)23(30)26(20)13-6-7-15(25)14(24)11-13/h3-11,20,27,29H,2H2,1H3. The van der Waals surface area contributed by atoms with Crippen LogP contribution in [0.3, 0.4) is 0 Å². The van der Waals surface area contributed by atoms with E-state index in [1.54, 1.807) is 6.92 Å². The van der Waals surface area contributed by atoms with Gasteiger partial charge in [-0.05, 0) is 55.0 Å². The highest BCUT2D eigenvalue weighted by molar-refractivity contribution is 6.31. The predicted octanol–water partition coefficient (Wildman–Crippen LogP) is 4.96. The van der Waals surface area contributed by atoms with Crippen LogP contribution in [0, 0.1) is 5.82 Å². The summed E-state index contributed by atoms with van der Waals surface area (Å²) >= 11 is 5.91. The van der Waals surface area contributed by atoms with E-state index in [1.165, 1.54) is 48.7 Å². The number of Topliss-reactive ketones (excluding diaryl/α,β-unsaturated/α-hetero) is 1. The summed E-state index contributed by atoms with van der Waals surface area (Å²) in [6.07, 6.45) is 1.29. The monoisotopic (exact) mass is 457 g/mol. The zero-order valence-electron chi connectivity index (χ0n) is 16.7. The first-order valence-corrected chi connectivity index (χ1v) is 9.97. The number of hydrogen-bond donors (Lipinski definition) is 2. The number of aromatic hydroxyl groups is 1. The molecule has 0 radical (unpaired) electrons. The molecule has 2 aromatic carbocycles. The minimum Gasteiger partial charge on any atom is -0.504 e. The lowest BCUT2D eigenvalue weighted by Crippen LogP contribution is -2.31. The molecule has 0 saturated heterocycles. The lowest BCUT2D eigenvalue weighted by Gasteiger charge is -2.27. The van der Waals surface area contributed by atoms with Crippen LogP contribution in [0.25, 0.3) is 0 Å². The number of carbonyl (C=O) groups is 2. The summed E-state index contributed by atoms with van der Waals surface area (Å²) in [5.74, 6) is -3.12. The zero-order valence-corrected chi connectivity index (χ0v) is 17.5. The van der Waals surface area contributed by atoms with Crippen LogP contribution >= 0.6 is 11.6 Å². The number of anilines is 1. The van der Waals surface area contributed by atoms with Gasteiger partial charge in [0.15, 0.2) is 23.0 Å². The van der Waals surface area contributed by atoms with Gasteiger partial charge in [0.05, 0.1) is 29.5 Å². The fourth-order valence-electron chi connectivity index (χ4n) is 3.57. The Morgan fingerprint density at radius 1 is 1.22 bits per heavy atom. The van der Waals surface area contributed by atoms with Crippen LogP contribution in [0.4, 0.5) is 10.1 Å². The Kier molecular flexibility index (Phi) is 5.63. The number of ketones is 1. The van der Waals surface area contributed by atoms with E-state index in [1.807, 2.05) is 0 Å². The molecular formula is C23H17ClFNO6. The first-order valence-electron chi connectivity index (χ1n) is 9.59. The number of phenols is 1. The molecule has 1 unspecified atom stereocenters. The number of nitrogens with zero attached hydrogens (tertiary/aromatic N) is 1. The molecule has 3 aromatic rings. The normalized spacial score (nSPS) is 16.0. The van der Waals surface area contributed by atoms with E-state index in [2.05, 4.69) is 0 Å². The lowest BCUT2D eigenvalue weighted by atomic mass is 9.94. The van der Waals surface area contributed by atoms with E-state index in [0.29, 0.717) is 5.56 Å². The Hall–Kier alpha value is -3.78. The van der Waals surface area contributed by atoms with E-state index < -0.39 is 29.3 Å². The van der Waals surface area contributed by atoms with E-state index in [4.69, 9.17) is 20.8 Å². The second-order valence-corrected chi connectivity index (χ2v) is 7.31. The third kappa shape index (κ3) is 3.58. The highest BCUT2D eigenvalue weighted by Gasteiger charge is 2.45. The van der Waals surface area contributed by atoms with E-state index >= 15 is 0 Å². The Morgan fingerprint density at radius 2 is 2.00 bits per heavy atom. The molecule has 1 aliphatic rings. The molecule has 1 aliphatic heterocycles. The number of carbonyl (C=O) groups excluding carboxylic acids is 2. The molecule has 9 heteroatoms. The van der Waals surface area contributed by atoms with Gasteiger partial charge in [-0.25, -0.2) is 4.39 Å². The number of amides is 1. The third-order valence-electron chi connectivity index (χ3n) is 4.98. The van der Waals surface area contributed by atoms with Crippen LogP contribution in [-0.2, 0) is 4.79 Å². The van der Waals surface area contributed by atoms with Gasteiger partial charge in [-0.1, -0.05) is 17.7 Å². The van der Waals surface area contributed by atoms with Crippen LogP contribution in [0.1, 0.15) is 29.1 Å². The molecule has 1 aromatic heterocycles. The van der Waals surface area contributed by atoms with Gasteiger partial charge in [0.2, 0.25) is 5.78 Å². The maximum atomic E-state index is 13.7. The molecule has 0 bridgehead atoms. The Labute approximate surface area is 186 Å². The second kappa shape index (κ2) is 8.39. The number of benzene rings is 2. The molecule has 2 heterocycles. The molecule has 7 nitrogen and oxygen atoms in total. The van der Waals surface area contributed by atoms with Crippen molar-refractivity contribution in [2.24, 2.45) is 0 Å². The van der Waals surface area contributed by atoms with Crippen molar-refractivity contribution in [1.29, 1.82) is 0 Å². The average Bonchev–Trinajstić information content (AvgIpc) is 3.39. The maximum absolute atomic E-state index is 13.7. The van der Waals surface area contributed by atoms with Gasteiger partial charge in [-0.3, -0.25) is 14.5 Å². The van der Waals surface area contributed by atoms with Crippen LogP contribution < -0.4 is 9.64 Å². The Morgan fingerprint density at radius 3 is 2.66 bits per heavy atom. The Balaban J connectivity index is 1.91. The van der Waals surface area contributed by atoms with E-state index in [9.17, 15) is 24.2 Å². The number of phenolic OH excluding ortho intramolecular Hbond substituents is 1. The summed E-state index contributed by atoms with van der Waals surface area (Å²) in [7, 11) is 0. The molecule has 32 heavy (non-hydrogen) atoms. The summed E-state index contributed by atoms with van der Waals surface area (Å²) in [4.78, 5) is 27.4. The van der Waals surface area contributed by atoms with Crippen molar-refractivity contribution < 1.29 is 33.3 Å². The van der Waals surface area contributed by atoms with E-state index in [-0.39, 0.29) is 40.1 Å². The van der Waals surface area contributed by atoms with E-state index in [0.717, 1.165) is 11.0 Å². The van der Waals surface area contributed by atoms with Crippen molar-refractivity contribution in [3.63, 3.8) is 0 Å². The quantitative estimate of drug-likeness (QED) is 0.507. The van der Waals surface area contributed by atoms with Gasteiger partial charge in [0.1, 0.15) is 5.82 Å².